The minimum atomic E-state index is -0.523. The Labute approximate surface area is 157 Å². The van der Waals surface area contributed by atoms with Crippen LogP contribution in [0.1, 0.15) is 26.3 Å². The van der Waals surface area contributed by atoms with Crippen LogP contribution < -0.4 is 10.6 Å². The molecule has 0 atom stereocenters. The predicted octanol–water partition coefficient (Wildman–Crippen LogP) is 2.72. The molecular formula is C20H23N5O2. The Kier molecular flexibility index (Phi) is 4.11. The lowest BCUT2D eigenvalue weighted by molar-refractivity contribution is 0.0406. The number of nitrogens with zero attached hydrogens (tertiary/aromatic N) is 3. The standard InChI is InChI=1S/C20H23N5O2/c1-19(2,3)27-18(26)24-20(12-21-13-20)16-6-4-14(5-7-16)15-10-22-17-8-9-23-25(17)11-15/h4-11,21H,12-13H2,1-3H3,(H,24,26). The Morgan fingerprint density at radius 2 is 1.93 bits per heavy atom. The van der Waals surface area contributed by atoms with E-state index in [1.54, 1.807) is 10.7 Å². The van der Waals surface area contributed by atoms with E-state index >= 15 is 0 Å². The molecule has 7 nitrogen and oxygen atoms in total. The van der Waals surface area contributed by atoms with Crippen LogP contribution in [-0.2, 0) is 10.3 Å². The molecule has 0 bridgehead atoms. The third-order valence-corrected chi connectivity index (χ3v) is 4.61. The van der Waals surface area contributed by atoms with Crippen LogP contribution in [0.5, 0.6) is 0 Å². The summed E-state index contributed by atoms with van der Waals surface area (Å²) in [5, 5.41) is 10.5. The van der Waals surface area contributed by atoms with Crippen LogP contribution in [0.4, 0.5) is 4.79 Å². The van der Waals surface area contributed by atoms with E-state index < -0.39 is 17.2 Å². The van der Waals surface area contributed by atoms with E-state index in [-0.39, 0.29) is 0 Å². The lowest BCUT2D eigenvalue weighted by atomic mass is 9.83. The molecule has 0 spiro atoms. The maximum Gasteiger partial charge on any atom is 0.408 e. The number of amides is 1. The van der Waals surface area contributed by atoms with Crippen molar-refractivity contribution < 1.29 is 9.53 Å². The second kappa shape index (κ2) is 6.35. The van der Waals surface area contributed by atoms with Crippen molar-refractivity contribution in [2.24, 2.45) is 0 Å². The molecule has 1 aliphatic rings. The molecule has 1 amide bonds. The predicted molar refractivity (Wildman–Crippen MR) is 102 cm³/mol. The van der Waals surface area contributed by atoms with Crippen molar-refractivity contribution in [1.29, 1.82) is 0 Å². The summed E-state index contributed by atoms with van der Waals surface area (Å²) in [6, 6.07) is 10.0. The topological polar surface area (TPSA) is 80.5 Å². The fourth-order valence-electron chi connectivity index (χ4n) is 3.18. The molecule has 1 saturated heterocycles. The minimum absolute atomic E-state index is 0.401. The normalized spacial score (nSPS) is 16.0. The van der Waals surface area contributed by atoms with Crippen molar-refractivity contribution in [2.75, 3.05) is 13.1 Å². The van der Waals surface area contributed by atoms with Crippen LogP contribution in [0.25, 0.3) is 16.8 Å². The first-order chi connectivity index (χ1) is 12.8. The van der Waals surface area contributed by atoms with Crippen molar-refractivity contribution in [3.63, 3.8) is 0 Å². The summed E-state index contributed by atoms with van der Waals surface area (Å²) in [4.78, 5) is 16.7. The average Bonchev–Trinajstić information content (AvgIpc) is 3.04. The van der Waals surface area contributed by atoms with Crippen LogP contribution in [-0.4, -0.2) is 39.4 Å². The van der Waals surface area contributed by atoms with E-state index in [9.17, 15) is 4.79 Å². The quantitative estimate of drug-likeness (QED) is 0.746. The van der Waals surface area contributed by atoms with E-state index in [0.29, 0.717) is 13.1 Å². The molecule has 0 unspecified atom stereocenters. The first-order valence-electron chi connectivity index (χ1n) is 8.97. The van der Waals surface area contributed by atoms with Gasteiger partial charge >= 0.3 is 6.09 Å². The van der Waals surface area contributed by atoms with Gasteiger partial charge < -0.3 is 15.4 Å². The summed E-state index contributed by atoms with van der Waals surface area (Å²) in [5.74, 6) is 0. The van der Waals surface area contributed by atoms with Crippen LogP contribution in [0.15, 0.2) is 48.9 Å². The summed E-state index contributed by atoms with van der Waals surface area (Å²) in [6.45, 7) is 6.92. The van der Waals surface area contributed by atoms with E-state index in [1.807, 2.05) is 63.5 Å². The van der Waals surface area contributed by atoms with E-state index in [2.05, 4.69) is 20.7 Å². The number of aromatic nitrogens is 3. The highest BCUT2D eigenvalue weighted by molar-refractivity contribution is 5.70. The molecule has 7 heteroatoms. The van der Waals surface area contributed by atoms with Crippen molar-refractivity contribution in [2.45, 2.75) is 31.9 Å². The van der Waals surface area contributed by atoms with Gasteiger partial charge in [0, 0.05) is 37.1 Å². The Morgan fingerprint density at radius 1 is 1.19 bits per heavy atom. The van der Waals surface area contributed by atoms with Gasteiger partial charge in [-0.15, -0.1) is 0 Å². The van der Waals surface area contributed by atoms with E-state index in [1.165, 1.54) is 0 Å². The number of carbonyl (C=O) groups excluding carboxylic acids is 1. The molecule has 2 aromatic heterocycles. The van der Waals surface area contributed by atoms with Gasteiger partial charge in [-0.25, -0.2) is 14.3 Å². The number of benzene rings is 1. The third-order valence-electron chi connectivity index (χ3n) is 4.61. The minimum Gasteiger partial charge on any atom is -0.444 e. The molecule has 2 N–H and O–H groups in total. The number of rotatable bonds is 3. The number of ether oxygens (including phenoxy) is 1. The van der Waals surface area contributed by atoms with Gasteiger partial charge in [0.15, 0.2) is 5.65 Å². The third kappa shape index (κ3) is 3.50. The highest BCUT2D eigenvalue weighted by Gasteiger charge is 2.41. The lowest BCUT2D eigenvalue weighted by Gasteiger charge is -2.43. The second-order valence-corrected chi connectivity index (χ2v) is 7.87. The summed E-state index contributed by atoms with van der Waals surface area (Å²) in [5.41, 5.74) is 2.93. The molecule has 3 aromatic rings. The van der Waals surface area contributed by atoms with E-state index in [0.717, 1.165) is 22.3 Å². The molecule has 27 heavy (non-hydrogen) atoms. The van der Waals surface area contributed by atoms with Crippen LogP contribution in [0.3, 0.4) is 0 Å². The lowest BCUT2D eigenvalue weighted by Crippen LogP contribution is -2.66. The second-order valence-electron chi connectivity index (χ2n) is 7.87. The summed E-state index contributed by atoms with van der Waals surface area (Å²) in [7, 11) is 0. The fraction of sp³-hybridized carbons (Fsp3) is 0.350. The summed E-state index contributed by atoms with van der Waals surface area (Å²) in [6.07, 6.45) is 5.12. The molecule has 4 rings (SSSR count). The first-order valence-corrected chi connectivity index (χ1v) is 8.97. The average molecular weight is 365 g/mol. The number of carbonyl (C=O) groups is 1. The molecule has 3 heterocycles. The highest BCUT2D eigenvalue weighted by atomic mass is 16.6. The Balaban J connectivity index is 1.55. The highest BCUT2D eigenvalue weighted by Crippen LogP contribution is 2.29. The first kappa shape index (κ1) is 17.5. The number of fused-ring (bicyclic) bond motifs is 1. The molecule has 1 aromatic carbocycles. The van der Waals surface area contributed by atoms with Gasteiger partial charge in [0.25, 0.3) is 0 Å². The largest absolute Gasteiger partial charge is 0.444 e. The van der Waals surface area contributed by atoms with Crippen molar-refractivity contribution >= 4 is 11.7 Å². The fourth-order valence-corrected chi connectivity index (χ4v) is 3.18. The van der Waals surface area contributed by atoms with Crippen LogP contribution in [0.2, 0.25) is 0 Å². The van der Waals surface area contributed by atoms with Gasteiger partial charge in [-0.05, 0) is 31.9 Å². The van der Waals surface area contributed by atoms with Gasteiger partial charge in [0.05, 0.1) is 11.7 Å². The Bertz CT molecular complexity index is 968. The van der Waals surface area contributed by atoms with Gasteiger partial charge in [-0.1, -0.05) is 24.3 Å². The zero-order valence-corrected chi connectivity index (χ0v) is 15.7. The molecule has 0 radical (unpaired) electrons. The van der Waals surface area contributed by atoms with Gasteiger partial charge in [0.2, 0.25) is 0 Å². The zero-order valence-electron chi connectivity index (χ0n) is 15.7. The smallest absolute Gasteiger partial charge is 0.408 e. The molecular weight excluding hydrogens is 342 g/mol. The Hall–Kier alpha value is -2.93. The number of nitrogens with one attached hydrogen (secondary N) is 2. The molecule has 140 valence electrons. The van der Waals surface area contributed by atoms with Gasteiger partial charge in [0.1, 0.15) is 5.60 Å². The van der Waals surface area contributed by atoms with Crippen molar-refractivity contribution in [1.82, 2.24) is 25.2 Å². The number of hydrogen-bond acceptors (Lipinski definition) is 5. The van der Waals surface area contributed by atoms with Gasteiger partial charge in [-0.3, -0.25) is 0 Å². The summed E-state index contributed by atoms with van der Waals surface area (Å²) < 4.78 is 7.18. The van der Waals surface area contributed by atoms with Crippen molar-refractivity contribution in [3.05, 3.63) is 54.5 Å². The van der Waals surface area contributed by atoms with Gasteiger partial charge in [-0.2, -0.15) is 5.10 Å². The zero-order chi connectivity index (χ0) is 19.1. The SMILES string of the molecule is CC(C)(C)OC(=O)NC1(c2ccc(-c3cnc4ccnn4c3)cc2)CNC1. The van der Waals surface area contributed by atoms with Crippen LogP contribution >= 0.6 is 0 Å². The number of alkyl carbamates (subject to hydrolysis) is 1. The molecule has 1 fully saturated rings. The maximum atomic E-state index is 12.2. The maximum absolute atomic E-state index is 12.2. The van der Waals surface area contributed by atoms with Crippen LogP contribution in [0, 0.1) is 0 Å². The molecule has 0 saturated carbocycles. The molecule has 1 aliphatic heterocycles. The number of hydrogen-bond donors (Lipinski definition) is 2. The molecule has 0 aliphatic carbocycles. The summed E-state index contributed by atoms with van der Waals surface area (Å²) >= 11 is 0. The Morgan fingerprint density at radius 3 is 2.56 bits per heavy atom. The van der Waals surface area contributed by atoms with Crippen molar-refractivity contribution in [3.8, 4) is 11.1 Å². The monoisotopic (exact) mass is 365 g/mol. The van der Waals surface area contributed by atoms with E-state index in [4.69, 9.17) is 4.74 Å².